The number of carboxylic acids is 1. The molecule has 0 heterocycles. The van der Waals surface area contributed by atoms with Crippen LogP contribution < -0.4 is 5.73 Å². The summed E-state index contributed by atoms with van der Waals surface area (Å²) >= 11 is 1.71. The second-order valence-electron chi connectivity index (χ2n) is 3.18. The number of nitrogens with two attached hydrogens (primary N) is 1. The van der Waals surface area contributed by atoms with Crippen LogP contribution in [0.25, 0.3) is 0 Å². The van der Waals surface area contributed by atoms with E-state index in [4.69, 9.17) is 10.8 Å². The monoisotopic (exact) mass is 189 g/mol. The van der Waals surface area contributed by atoms with Crippen LogP contribution in [0, 0.1) is 0 Å². The number of thioether (sulfide) groups is 1. The summed E-state index contributed by atoms with van der Waals surface area (Å²) in [5.41, 5.74) is 5.37. The highest BCUT2D eigenvalue weighted by atomic mass is 32.2. The highest BCUT2D eigenvalue weighted by Gasteiger charge is 2.18. The van der Waals surface area contributed by atoms with E-state index in [1.807, 2.05) is 0 Å². The lowest BCUT2D eigenvalue weighted by Gasteiger charge is -2.10. The molecule has 0 aromatic heterocycles. The number of carbonyl (C=O) groups is 1. The van der Waals surface area contributed by atoms with Crippen LogP contribution in [0.1, 0.15) is 25.7 Å². The summed E-state index contributed by atoms with van der Waals surface area (Å²) in [5, 5.41) is 9.18. The topological polar surface area (TPSA) is 63.3 Å². The average Bonchev–Trinajstić information content (AvgIpc) is 2.51. The fourth-order valence-corrected chi connectivity index (χ4v) is 2.65. The van der Waals surface area contributed by atoms with Gasteiger partial charge in [0.2, 0.25) is 0 Å². The molecule has 1 saturated carbocycles. The maximum Gasteiger partial charge on any atom is 0.321 e. The average molecular weight is 189 g/mol. The maximum absolute atomic E-state index is 10.4. The van der Waals surface area contributed by atoms with Crippen LogP contribution in [-0.4, -0.2) is 28.1 Å². The maximum atomic E-state index is 10.4. The van der Waals surface area contributed by atoms with Gasteiger partial charge < -0.3 is 10.8 Å². The summed E-state index contributed by atoms with van der Waals surface area (Å²) in [5.74, 6) is -0.333. The zero-order valence-electron chi connectivity index (χ0n) is 7.03. The Morgan fingerprint density at radius 3 is 2.67 bits per heavy atom. The van der Waals surface area contributed by atoms with Crippen LogP contribution in [0.5, 0.6) is 0 Å². The van der Waals surface area contributed by atoms with Gasteiger partial charge in [0.15, 0.2) is 0 Å². The standard InChI is InChI=1S/C8H15NO2S/c9-7(8(10)11)5-12-6-3-1-2-4-6/h6-7H,1-5,9H2,(H,10,11). The largest absolute Gasteiger partial charge is 0.480 e. The molecule has 0 saturated heterocycles. The molecule has 4 heteroatoms. The van der Waals surface area contributed by atoms with Gasteiger partial charge >= 0.3 is 5.97 Å². The third kappa shape index (κ3) is 3.03. The number of hydrogen-bond donors (Lipinski definition) is 2. The Hall–Kier alpha value is -0.220. The Bertz CT molecular complexity index is 157. The molecule has 0 aromatic carbocycles. The molecule has 0 radical (unpaired) electrons. The number of hydrogen-bond acceptors (Lipinski definition) is 3. The third-order valence-electron chi connectivity index (χ3n) is 2.13. The lowest BCUT2D eigenvalue weighted by Crippen LogP contribution is -2.33. The number of aliphatic carboxylic acids is 1. The van der Waals surface area contributed by atoms with Gasteiger partial charge in [-0.3, -0.25) is 4.79 Å². The second-order valence-corrected chi connectivity index (χ2v) is 4.52. The molecule has 0 aliphatic heterocycles. The van der Waals surface area contributed by atoms with E-state index in [-0.39, 0.29) is 0 Å². The number of rotatable bonds is 4. The first-order chi connectivity index (χ1) is 5.70. The Labute approximate surface area is 76.7 Å². The fourth-order valence-electron chi connectivity index (χ4n) is 1.37. The molecule has 0 bridgehead atoms. The van der Waals surface area contributed by atoms with E-state index in [2.05, 4.69) is 0 Å². The molecule has 1 rings (SSSR count). The normalized spacial score (nSPS) is 21.1. The van der Waals surface area contributed by atoms with Crippen LogP contribution >= 0.6 is 11.8 Å². The molecule has 12 heavy (non-hydrogen) atoms. The van der Waals surface area contributed by atoms with Gasteiger partial charge in [-0.2, -0.15) is 11.8 Å². The predicted octanol–water partition coefficient (Wildman–Crippen LogP) is 1.07. The van der Waals surface area contributed by atoms with Gasteiger partial charge in [0.05, 0.1) is 0 Å². The Kier molecular flexibility index (Phi) is 3.88. The van der Waals surface area contributed by atoms with Crippen molar-refractivity contribution < 1.29 is 9.90 Å². The quantitative estimate of drug-likeness (QED) is 0.694. The van der Waals surface area contributed by atoms with Crippen molar-refractivity contribution in [2.45, 2.75) is 37.0 Å². The van der Waals surface area contributed by atoms with E-state index >= 15 is 0 Å². The molecular formula is C8H15NO2S. The summed E-state index contributed by atoms with van der Waals surface area (Å²) < 4.78 is 0. The summed E-state index contributed by atoms with van der Waals surface area (Å²) in [6.45, 7) is 0. The molecule has 1 unspecified atom stereocenters. The second kappa shape index (κ2) is 4.72. The van der Waals surface area contributed by atoms with Crippen molar-refractivity contribution >= 4 is 17.7 Å². The Morgan fingerprint density at radius 1 is 1.58 bits per heavy atom. The minimum absolute atomic E-state index is 0.556. The van der Waals surface area contributed by atoms with Crippen molar-refractivity contribution in [3.63, 3.8) is 0 Å². The minimum Gasteiger partial charge on any atom is -0.480 e. The first-order valence-electron chi connectivity index (χ1n) is 4.30. The lowest BCUT2D eigenvalue weighted by atomic mass is 10.4. The molecule has 1 aliphatic carbocycles. The zero-order chi connectivity index (χ0) is 8.97. The van der Waals surface area contributed by atoms with E-state index in [1.165, 1.54) is 25.7 Å². The smallest absolute Gasteiger partial charge is 0.321 e. The van der Waals surface area contributed by atoms with Crippen molar-refractivity contribution in [2.75, 3.05) is 5.75 Å². The SMILES string of the molecule is NC(CSC1CCCC1)C(=O)O. The van der Waals surface area contributed by atoms with Gasteiger partial charge in [-0.05, 0) is 12.8 Å². The molecule has 0 amide bonds. The minimum atomic E-state index is -0.888. The predicted molar refractivity (Wildman–Crippen MR) is 50.3 cm³/mol. The molecule has 1 fully saturated rings. The van der Waals surface area contributed by atoms with Crippen LogP contribution in [0.4, 0.5) is 0 Å². The molecular weight excluding hydrogens is 174 g/mol. The van der Waals surface area contributed by atoms with Crippen molar-refractivity contribution in [3.05, 3.63) is 0 Å². The molecule has 70 valence electrons. The van der Waals surface area contributed by atoms with Crippen molar-refractivity contribution in [1.29, 1.82) is 0 Å². The summed E-state index contributed by atoms with van der Waals surface area (Å²) in [6, 6.07) is -0.685. The summed E-state index contributed by atoms with van der Waals surface area (Å²) in [7, 11) is 0. The molecule has 0 aromatic rings. The summed E-state index contributed by atoms with van der Waals surface area (Å²) in [6.07, 6.45) is 5.05. The molecule has 1 atom stereocenters. The van der Waals surface area contributed by atoms with Gasteiger partial charge in [0.1, 0.15) is 6.04 Å². The lowest BCUT2D eigenvalue weighted by molar-refractivity contribution is -0.137. The summed E-state index contributed by atoms with van der Waals surface area (Å²) in [4.78, 5) is 10.4. The highest BCUT2D eigenvalue weighted by Crippen LogP contribution is 2.29. The van der Waals surface area contributed by atoms with Crippen LogP contribution in [-0.2, 0) is 4.79 Å². The first-order valence-corrected chi connectivity index (χ1v) is 5.35. The van der Waals surface area contributed by atoms with E-state index in [0.717, 1.165) is 0 Å². The Morgan fingerprint density at radius 2 is 2.17 bits per heavy atom. The van der Waals surface area contributed by atoms with E-state index in [1.54, 1.807) is 11.8 Å². The van der Waals surface area contributed by atoms with Crippen LogP contribution in [0.2, 0.25) is 0 Å². The third-order valence-corrected chi connectivity index (χ3v) is 3.63. The van der Waals surface area contributed by atoms with E-state index < -0.39 is 12.0 Å². The van der Waals surface area contributed by atoms with Crippen LogP contribution in [0.15, 0.2) is 0 Å². The molecule has 1 aliphatic rings. The van der Waals surface area contributed by atoms with Crippen molar-refractivity contribution in [2.24, 2.45) is 5.73 Å². The van der Waals surface area contributed by atoms with Gasteiger partial charge in [0, 0.05) is 11.0 Å². The molecule has 3 N–H and O–H groups in total. The van der Waals surface area contributed by atoms with E-state index in [9.17, 15) is 4.79 Å². The Balaban J connectivity index is 2.11. The number of carboxylic acid groups (broad SMARTS) is 1. The molecule has 0 spiro atoms. The van der Waals surface area contributed by atoms with Gasteiger partial charge in [0.25, 0.3) is 0 Å². The van der Waals surface area contributed by atoms with E-state index in [0.29, 0.717) is 11.0 Å². The van der Waals surface area contributed by atoms with Crippen molar-refractivity contribution in [1.82, 2.24) is 0 Å². The zero-order valence-corrected chi connectivity index (χ0v) is 7.85. The fraction of sp³-hybridized carbons (Fsp3) is 0.875. The molecule has 3 nitrogen and oxygen atoms in total. The van der Waals surface area contributed by atoms with Gasteiger partial charge in [-0.25, -0.2) is 0 Å². The van der Waals surface area contributed by atoms with Gasteiger partial charge in [-0.15, -0.1) is 0 Å². The van der Waals surface area contributed by atoms with Crippen molar-refractivity contribution in [3.8, 4) is 0 Å². The van der Waals surface area contributed by atoms with Crippen LogP contribution in [0.3, 0.4) is 0 Å². The highest BCUT2D eigenvalue weighted by molar-refractivity contribution is 8.00. The van der Waals surface area contributed by atoms with Gasteiger partial charge in [-0.1, -0.05) is 12.8 Å². The first kappa shape index (κ1) is 9.86.